The minimum atomic E-state index is -0.662. The fourth-order valence-electron chi connectivity index (χ4n) is 3.79. The van der Waals surface area contributed by atoms with Gasteiger partial charge >= 0.3 is 5.97 Å². The Morgan fingerprint density at radius 1 is 1.35 bits per heavy atom. The van der Waals surface area contributed by atoms with Gasteiger partial charge < -0.3 is 14.6 Å². The van der Waals surface area contributed by atoms with Gasteiger partial charge in [-0.05, 0) is 44.4 Å². The van der Waals surface area contributed by atoms with Gasteiger partial charge in [-0.2, -0.15) is 0 Å². The molecule has 0 saturated heterocycles. The van der Waals surface area contributed by atoms with Crippen molar-refractivity contribution in [3.63, 3.8) is 0 Å². The van der Waals surface area contributed by atoms with E-state index in [1.807, 2.05) is 0 Å². The number of benzene rings is 1. The molecule has 0 aromatic heterocycles. The maximum Gasteiger partial charge on any atom is 0.315 e. The molecule has 1 heterocycles. The lowest BCUT2D eigenvalue weighted by molar-refractivity contribution is -0.146. The van der Waals surface area contributed by atoms with Gasteiger partial charge in [0.05, 0.1) is 13.7 Å². The highest BCUT2D eigenvalue weighted by Gasteiger charge is 2.43. The zero-order chi connectivity index (χ0) is 18.8. The van der Waals surface area contributed by atoms with Crippen LogP contribution in [0.5, 0.6) is 11.5 Å². The number of phenols is 1. The van der Waals surface area contributed by atoms with Crippen LogP contribution in [0.2, 0.25) is 0 Å². The molecule has 26 heavy (non-hydrogen) atoms. The molecule has 0 bridgehead atoms. The van der Waals surface area contributed by atoms with Gasteiger partial charge in [0.1, 0.15) is 5.92 Å². The topological polar surface area (TPSA) is 85.2 Å². The highest BCUT2D eigenvalue weighted by atomic mass is 16.5. The zero-order valence-corrected chi connectivity index (χ0v) is 15.2. The summed E-state index contributed by atoms with van der Waals surface area (Å²) in [6, 6.07) is 4.92. The van der Waals surface area contributed by atoms with E-state index in [0.29, 0.717) is 23.5 Å². The SMILES string of the molecule is CCOC(=O)C1C(C)=NC2=C(C(=O)CCC2)[C@@H]1c1ccc(O)c(OC)c1. The molecule has 3 rings (SSSR count). The van der Waals surface area contributed by atoms with Crippen LogP contribution < -0.4 is 4.74 Å². The largest absolute Gasteiger partial charge is 0.504 e. The smallest absolute Gasteiger partial charge is 0.315 e. The van der Waals surface area contributed by atoms with Crippen molar-refractivity contribution in [2.75, 3.05) is 13.7 Å². The number of aliphatic imine (C=N–C) groups is 1. The first-order valence-corrected chi connectivity index (χ1v) is 8.82. The standard InChI is InChI=1S/C20H23NO5/c1-4-26-20(24)17-11(2)21-13-6-5-7-15(23)19(13)18(17)12-8-9-14(22)16(10-12)25-3/h8-10,17-18,22H,4-7H2,1-3H3/t17?,18-/m1/s1. The summed E-state index contributed by atoms with van der Waals surface area (Å²) in [5.74, 6) is -1.21. The number of carbonyl (C=O) groups excluding carboxylic acids is 2. The number of hydrogen-bond donors (Lipinski definition) is 1. The van der Waals surface area contributed by atoms with E-state index in [4.69, 9.17) is 9.47 Å². The summed E-state index contributed by atoms with van der Waals surface area (Å²) < 4.78 is 10.5. The second-order valence-corrected chi connectivity index (χ2v) is 6.53. The fraction of sp³-hybridized carbons (Fsp3) is 0.450. The Balaban J connectivity index is 2.17. The quantitative estimate of drug-likeness (QED) is 0.837. The molecule has 0 spiro atoms. The van der Waals surface area contributed by atoms with Gasteiger partial charge in [0.25, 0.3) is 0 Å². The van der Waals surface area contributed by atoms with Crippen LogP contribution in [-0.4, -0.2) is 36.3 Å². The van der Waals surface area contributed by atoms with Crippen LogP contribution in [0, 0.1) is 5.92 Å². The van der Waals surface area contributed by atoms with Gasteiger partial charge in [-0.15, -0.1) is 0 Å². The highest BCUT2D eigenvalue weighted by Crippen LogP contribution is 2.45. The number of carbonyl (C=O) groups is 2. The molecule has 2 atom stereocenters. The first kappa shape index (κ1) is 18.2. The number of aromatic hydroxyl groups is 1. The summed E-state index contributed by atoms with van der Waals surface area (Å²) in [5.41, 5.74) is 2.73. The molecule has 1 aromatic carbocycles. The Bertz CT molecular complexity index is 808. The third-order valence-electron chi connectivity index (χ3n) is 4.94. The molecular formula is C20H23NO5. The summed E-state index contributed by atoms with van der Waals surface area (Å²) in [4.78, 5) is 30.0. The van der Waals surface area contributed by atoms with E-state index in [-0.39, 0.29) is 18.1 Å². The van der Waals surface area contributed by atoms with Crippen molar-refractivity contribution >= 4 is 17.5 Å². The molecule has 2 aliphatic rings. The van der Waals surface area contributed by atoms with E-state index in [1.54, 1.807) is 26.0 Å². The summed E-state index contributed by atoms with van der Waals surface area (Å²) in [6.45, 7) is 3.81. The molecule has 1 aliphatic heterocycles. The molecule has 138 valence electrons. The molecule has 1 aliphatic carbocycles. The minimum absolute atomic E-state index is 0.00862. The van der Waals surface area contributed by atoms with Crippen LogP contribution in [0.1, 0.15) is 44.6 Å². The van der Waals surface area contributed by atoms with Crippen LogP contribution >= 0.6 is 0 Å². The van der Waals surface area contributed by atoms with Crippen LogP contribution in [0.15, 0.2) is 34.5 Å². The first-order chi connectivity index (χ1) is 12.5. The number of ether oxygens (including phenoxy) is 2. The minimum Gasteiger partial charge on any atom is -0.504 e. The monoisotopic (exact) mass is 357 g/mol. The van der Waals surface area contributed by atoms with Crippen molar-refractivity contribution in [3.8, 4) is 11.5 Å². The number of nitrogens with zero attached hydrogens (tertiary/aromatic N) is 1. The maximum atomic E-state index is 12.7. The normalized spacial score (nSPS) is 22.6. The molecule has 0 amide bonds. The number of allylic oxidation sites excluding steroid dienone is 2. The Kier molecular flexibility index (Phi) is 5.11. The highest BCUT2D eigenvalue weighted by molar-refractivity contribution is 6.08. The van der Waals surface area contributed by atoms with Crippen LogP contribution in [0.3, 0.4) is 0 Å². The fourth-order valence-corrected chi connectivity index (χ4v) is 3.79. The van der Waals surface area contributed by atoms with E-state index in [1.165, 1.54) is 13.2 Å². The summed E-state index contributed by atoms with van der Waals surface area (Å²) in [7, 11) is 1.46. The predicted octanol–water partition coefficient (Wildman–Crippen LogP) is 3.15. The van der Waals surface area contributed by atoms with Crippen molar-refractivity contribution in [2.24, 2.45) is 10.9 Å². The first-order valence-electron chi connectivity index (χ1n) is 8.82. The third-order valence-corrected chi connectivity index (χ3v) is 4.94. The molecule has 1 N–H and O–H groups in total. The number of methoxy groups -OCH3 is 1. The van der Waals surface area contributed by atoms with Crippen molar-refractivity contribution < 1.29 is 24.2 Å². The molecular weight excluding hydrogens is 334 g/mol. The number of esters is 1. The molecule has 6 nitrogen and oxygen atoms in total. The molecule has 1 aromatic rings. The van der Waals surface area contributed by atoms with E-state index in [0.717, 1.165) is 24.1 Å². The van der Waals surface area contributed by atoms with Gasteiger partial charge in [-0.25, -0.2) is 0 Å². The Morgan fingerprint density at radius 2 is 2.12 bits per heavy atom. The van der Waals surface area contributed by atoms with E-state index in [2.05, 4.69) is 4.99 Å². The van der Waals surface area contributed by atoms with E-state index in [9.17, 15) is 14.7 Å². The second-order valence-electron chi connectivity index (χ2n) is 6.53. The zero-order valence-electron chi connectivity index (χ0n) is 15.2. The molecule has 1 unspecified atom stereocenters. The van der Waals surface area contributed by atoms with Crippen molar-refractivity contribution in [3.05, 3.63) is 35.0 Å². The van der Waals surface area contributed by atoms with Gasteiger partial charge in [-0.1, -0.05) is 6.07 Å². The number of Topliss-reactive ketones (excluding diaryl/α,β-unsaturated/α-hetero) is 1. The number of phenolic OH excluding ortho intramolecular Hbond substituents is 1. The summed E-state index contributed by atoms with van der Waals surface area (Å²) in [5, 5.41) is 9.91. The van der Waals surface area contributed by atoms with Gasteiger partial charge in [-0.3, -0.25) is 14.6 Å². The maximum absolute atomic E-state index is 12.7. The van der Waals surface area contributed by atoms with Crippen molar-refractivity contribution in [2.45, 2.75) is 39.0 Å². The molecule has 6 heteroatoms. The van der Waals surface area contributed by atoms with Crippen LogP contribution in [0.4, 0.5) is 0 Å². The van der Waals surface area contributed by atoms with Crippen molar-refractivity contribution in [1.29, 1.82) is 0 Å². The Labute approximate surface area is 152 Å². The Morgan fingerprint density at radius 3 is 2.81 bits per heavy atom. The predicted molar refractivity (Wildman–Crippen MR) is 96.5 cm³/mol. The average Bonchev–Trinajstić information content (AvgIpc) is 2.61. The molecule has 0 saturated carbocycles. The summed E-state index contributed by atoms with van der Waals surface area (Å²) in [6.07, 6.45) is 1.94. The Hall–Kier alpha value is -2.63. The van der Waals surface area contributed by atoms with Gasteiger partial charge in [0.2, 0.25) is 0 Å². The summed E-state index contributed by atoms with van der Waals surface area (Å²) >= 11 is 0. The molecule has 0 fully saturated rings. The molecule has 0 radical (unpaired) electrons. The second kappa shape index (κ2) is 7.32. The van der Waals surface area contributed by atoms with Crippen LogP contribution in [0.25, 0.3) is 0 Å². The van der Waals surface area contributed by atoms with Gasteiger partial charge in [0.15, 0.2) is 17.3 Å². The lowest BCUT2D eigenvalue weighted by Crippen LogP contribution is -2.37. The van der Waals surface area contributed by atoms with E-state index >= 15 is 0 Å². The third kappa shape index (κ3) is 3.11. The average molecular weight is 357 g/mol. The lowest BCUT2D eigenvalue weighted by atomic mass is 9.71. The number of ketones is 1. The van der Waals surface area contributed by atoms with Crippen LogP contribution in [-0.2, 0) is 14.3 Å². The number of hydrogen-bond acceptors (Lipinski definition) is 6. The van der Waals surface area contributed by atoms with E-state index < -0.39 is 17.8 Å². The lowest BCUT2D eigenvalue weighted by Gasteiger charge is -2.34. The van der Waals surface area contributed by atoms with Gasteiger partial charge in [0, 0.05) is 29.3 Å². The number of rotatable bonds is 4. The van der Waals surface area contributed by atoms with Crippen molar-refractivity contribution in [1.82, 2.24) is 0 Å².